The van der Waals surface area contributed by atoms with E-state index in [1.807, 2.05) is 12.3 Å². The summed E-state index contributed by atoms with van der Waals surface area (Å²) in [6.07, 6.45) is 13.9. The summed E-state index contributed by atoms with van der Waals surface area (Å²) in [7, 11) is 0. The zero-order valence-corrected chi connectivity index (χ0v) is 10.9. The molecule has 3 rings (SSSR count). The summed E-state index contributed by atoms with van der Waals surface area (Å²) in [6.45, 7) is 0. The number of rotatable bonds is 1. The van der Waals surface area contributed by atoms with Crippen LogP contribution in [0, 0.1) is 16.7 Å². The molecule has 2 aliphatic rings. The van der Waals surface area contributed by atoms with Crippen LogP contribution in [0.15, 0.2) is 24.5 Å². The topological polar surface area (TPSA) is 36.7 Å². The first kappa shape index (κ1) is 11.7. The van der Waals surface area contributed by atoms with Gasteiger partial charge in [0.2, 0.25) is 0 Å². The van der Waals surface area contributed by atoms with Gasteiger partial charge in [-0.05, 0) is 42.7 Å². The highest BCUT2D eigenvalue weighted by Gasteiger charge is 2.55. The Balaban J connectivity index is 1.81. The third kappa shape index (κ3) is 1.82. The Bertz CT molecular complexity index is 442. The molecule has 0 amide bonds. The molecule has 0 radical (unpaired) electrons. The van der Waals surface area contributed by atoms with Crippen LogP contribution in [0.5, 0.6) is 0 Å². The Morgan fingerprint density at radius 2 is 1.83 bits per heavy atom. The molecule has 2 heteroatoms. The van der Waals surface area contributed by atoms with Gasteiger partial charge in [-0.3, -0.25) is 4.98 Å². The second-order valence-electron chi connectivity index (χ2n) is 6.20. The lowest BCUT2D eigenvalue weighted by molar-refractivity contribution is 0.0396. The van der Waals surface area contributed by atoms with Crippen LogP contribution in [-0.2, 0) is 5.41 Å². The van der Waals surface area contributed by atoms with E-state index in [9.17, 15) is 5.26 Å². The van der Waals surface area contributed by atoms with Crippen molar-refractivity contribution in [3.63, 3.8) is 0 Å². The van der Waals surface area contributed by atoms with Crippen molar-refractivity contribution < 1.29 is 0 Å². The third-order valence-corrected chi connectivity index (χ3v) is 4.95. The molecule has 2 fully saturated rings. The standard InChI is InChI=1S/C16H20N2/c17-13-16(14-6-5-9-18-10-14)11-15(12-16)7-3-1-2-4-8-15/h5-6,9-10H,1-4,7-8,11-12H2. The lowest BCUT2D eigenvalue weighted by Crippen LogP contribution is -2.48. The van der Waals surface area contributed by atoms with Gasteiger partial charge in [-0.25, -0.2) is 0 Å². The van der Waals surface area contributed by atoms with E-state index in [1.54, 1.807) is 6.20 Å². The van der Waals surface area contributed by atoms with Crippen molar-refractivity contribution in [3.8, 4) is 6.07 Å². The molecule has 1 spiro atoms. The number of pyridine rings is 1. The SMILES string of the molecule is N#CC1(c2cccnc2)CC2(CCCCCC2)C1. The summed E-state index contributed by atoms with van der Waals surface area (Å²) < 4.78 is 0. The van der Waals surface area contributed by atoms with Gasteiger partial charge in [-0.2, -0.15) is 5.26 Å². The monoisotopic (exact) mass is 240 g/mol. The third-order valence-electron chi connectivity index (χ3n) is 4.95. The van der Waals surface area contributed by atoms with Gasteiger partial charge in [-0.15, -0.1) is 0 Å². The number of hydrogen-bond acceptors (Lipinski definition) is 2. The molecule has 1 aromatic rings. The summed E-state index contributed by atoms with van der Waals surface area (Å²) >= 11 is 0. The first-order chi connectivity index (χ1) is 8.79. The highest BCUT2D eigenvalue weighted by atomic mass is 14.7. The minimum Gasteiger partial charge on any atom is -0.264 e. The molecule has 18 heavy (non-hydrogen) atoms. The van der Waals surface area contributed by atoms with Crippen molar-refractivity contribution in [1.29, 1.82) is 5.26 Å². The van der Waals surface area contributed by atoms with Crippen molar-refractivity contribution in [2.24, 2.45) is 5.41 Å². The number of hydrogen-bond donors (Lipinski definition) is 0. The summed E-state index contributed by atoms with van der Waals surface area (Å²) in [5, 5.41) is 9.60. The highest BCUT2D eigenvalue weighted by Crippen LogP contribution is 2.60. The van der Waals surface area contributed by atoms with Crippen LogP contribution in [-0.4, -0.2) is 4.98 Å². The lowest BCUT2D eigenvalue weighted by Gasteiger charge is -2.53. The van der Waals surface area contributed by atoms with E-state index < -0.39 is 0 Å². The minimum absolute atomic E-state index is 0.237. The average molecular weight is 240 g/mol. The van der Waals surface area contributed by atoms with Gasteiger partial charge < -0.3 is 0 Å². The predicted octanol–water partition coefficient (Wildman–Crippen LogP) is 3.98. The van der Waals surface area contributed by atoms with Crippen molar-refractivity contribution in [3.05, 3.63) is 30.1 Å². The van der Waals surface area contributed by atoms with Crippen LogP contribution in [0.1, 0.15) is 56.9 Å². The number of aromatic nitrogens is 1. The second kappa shape index (κ2) is 4.39. The van der Waals surface area contributed by atoms with Crippen LogP contribution >= 0.6 is 0 Å². The molecule has 94 valence electrons. The minimum atomic E-state index is -0.237. The molecular formula is C16H20N2. The second-order valence-corrected chi connectivity index (χ2v) is 6.20. The van der Waals surface area contributed by atoms with E-state index in [0.29, 0.717) is 5.41 Å². The normalized spacial score (nSPS) is 24.8. The molecule has 2 nitrogen and oxygen atoms in total. The maximum Gasteiger partial charge on any atom is 0.0847 e. The predicted molar refractivity (Wildman–Crippen MR) is 70.9 cm³/mol. The summed E-state index contributed by atoms with van der Waals surface area (Å²) in [6, 6.07) is 6.60. The van der Waals surface area contributed by atoms with E-state index in [1.165, 1.54) is 38.5 Å². The van der Waals surface area contributed by atoms with Gasteiger partial charge in [-0.1, -0.05) is 31.7 Å². The molecule has 2 aliphatic carbocycles. The number of nitriles is 1. The Morgan fingerprint density at radius 3 is 2.39 bits per heavy atom. The van der Waals surface area contributed by atoms with Crippen molar-refractivity contribution in [2.75, 3.05) is 0 Å². The molecule has 1 aromatic heterocycles. The summed E-state index contributed by atoms with van der Waals surface area (Å²) in [5.41, 5.74) is 1.36. The molecule has 0 aromatic carbocycles. The van der Waals surface area contributed by atoms with Gasteiger partial charge in [0.05, 0.1) is 11.5 Å². The van der Waals surface area contributed by atoms with Gasteiger partial charge in [0.1, 0.15) is 0 Å². The van der Waals surface area contributed by atoms with Gasteiger partial charge >= 0.3 is 0 Å². The van der Waals surface area contributed by atoms with Crippen LogP contribution in [0.4, 0.5) is 0 Å². The fourth-order valence-electron chi connectivity index (χ4n) is 4.05. The molecule has 1 heterocycles. The van der Waals surface area contributed by atoms with Crippen LogP contribution in [0.2, 0.25) is 0 Å². The van der Waals surface area contributed by atoms with Gasteiger partial charge in [0, 0.05) is 12.4 Å². The molecule has 0 N–H and O–H groups in total. The summed E-state index contributed by atoms with van der Waals surface area (Å²) in [4.78, 5) is 4.18. The lowest BCUT2D eigenvalue weighted by atomic mass is 9.49. The molecular weight excluding hydrogens is 220 g/mol. The molecule has 0 unspecified atom stereocenters. The zero-order valence-electron chi connectivity index (χ0n) is 10.9. The molecule has 0 bridgehead atoms. The molecule has 0 saturated heterocycles. The van der Waals surface area contributed by atoms with E-state index in [-0.39, 0.29) is 5.41 Å². The van der Waals surface area contributed by atoms with Crippen molar-refractivity contribution in [1.82, 2.24) is 4.98 Å². The smallest absolute Gasteiger partial charge is 0.0847 e. The first-order valence-corrected chi connectivity index (χ1v) is 7.11. The Kier molecular flexibility index (Phi) is 2.86. The van der Waals surface area contributed by atoms with Gasteiger partial charge in [0.25, 0.3) is 0 Å². The quantitative estimate of drug-likeness (QED) is 0.744. The fraction of sp³-hybridized carbons (Fsp3) is 0.625. The Labute approximate surface area is 109 Å². The van der Waals surface area contributed by atoms with Crippen molar-refractivity contribution in [2.45, 2.75) is 56.8 Å². The van der Waals surface area contributed by atoms with E-state index >= 15 is 0 Å². The maximum atomic E-state index is 9.60. The Morgan fingerprint density at radius 1 is 1.11 bits per heavy atom. The maximum absolute atomic E-state index is 9.60. The van der Waals surface area contributed by atoms with Gasteiger partial charge in [0.15, 0.2) is 0 Å². The van der Waals surface area contributed by atoms with Crippen molar-refractivity contribution >= 4 is 0 Å². The first-order valence-electron chi connectivity index (χ1n) is 7.11. The molecule has 2 saturated carbocycles. The molecule has 0 aliphatic heterocycles. The van der Waals surface area contributed by atoms with Crippen LogP contribution in [0.3, 0.4) is 0 Å². The Hall–Kier alpha value is -1.36. The fourth-order valence-corrected chi connectivity index (χ4v) is 4.05. The summed E-state index contributed by atoms with van der Waals surface area (Å²) in [5.74, 6) is 0. The average Bonchev–Trinajstić information content (AvgIpc) is 2.63. The molecule has 0 atom stereocenters. The van der Waals surface area contributed by atoms with E-state index in [0.717, 1.165) is 18.4 Å². The van der Waals surface area contributed by atoms with Crippen LogP contribution in [0.25, 0.3) is 0 Å². The zero-order chi connectivity index (χ0) is 12.5. The largest absolute Gasteiger partial charge is 0.264 e. The van der Waals surface area contributed by atoms with Crippen LogP contribution < -0.4 is 0 Å². The highest BCUT2D eigenvalue weighted by molar-refractivity contribution is 5.36. The van der Waals surface area contributed by atoms with E-state index in [2.05, 4.69) is 17.1 Å². The number of nitrogens with zero attached hydrogens (tertiary/aromatic N) is 2. The van der Waals surface area contributed by atoms with E-state index in [4.69, 9.17) is 0 Å².